The molecule has 0 aromatic heterocycles. The summed E-state index contributed by atoms with van der Waals surface area (Å²) in [5.74, 6) is 0.322. The Morgan fingerprint density at radius 1 is 1.07 bits per heavy atom. The number of methoxy groups -OCH3 is 1. The normalized spacial score (nSPS) is 15.4. The molecular weight excluding hydrogens is 366 g/mol. The monoisotopic (exact) mass is 395 g/mol. The molecule has 1 saturated carbocycles. The summed E-state index contributed by atoms with van der Waals surface area (Å²) in [4.78, 5) is 25.1. The van der Waals surface area contributed by atoms with E-state index in [-0.39, 0.29) is 17.7 Å². The van der Waals surface area contributed by atoms with E-state index in [1.165, 1.54) is 6.42 Å². The Hall–Kier alpha value is -2.86. The molecule has 1 fully saturated rings. The van der Waals surface area contributed by atoms with Gasteiger partial charge >= 0.3 is 0 Å². The van der Waals surface area contributed by atoms with Gasteiger partial charge in [-0.2, -0.15) is 0 Å². The number of nitrogens with two attached hydrogens (primary N) is 1. The van der Waals surface area contributed by atoms with Crippen LogP contribution in [0.2, 0.25) is 0 Å². The molecule has 1 aliphatic carbocycles. The van der Waals surface area contributed by atoms with Crippen LogP contribution in [0.25, 0.3) is 0 Å². The molecule has 4 N–H and O–H groups in total. The third kappa shape index (κ3) is 5.81. The Balaban J connectivity index is 1.65. The highest BCUT2D eigenvalue weighted by atomic mass is 16.5. The van der Waals surface area contributed by atoms with Gasteiger partial charge in [-0.05, 0) is 43.0 Å². The van der Waals surface area contributed by atoms with E-state index >= 15 is 0 Å². The lowest BCUT2D eigenvalue weighted by atomic mass is 9.88. The minimum atomic E-state index is -0.667. The van der Waals surface area contributed by atoms with Crippen LogP contribution >= 0.6 is 0 Å². The van der Waals surface area contributed by atoms with Crippen molar-refractivity contribution in [2.75, 3.05) is 17.7 Å². The van der Waals surface area contributed by atoms with Crippen LogP contribution in [0.3, 0.4) is 0 Å². The molecule has 29 heavy (non-hydrogen) atoms. The number of benzene rings is 2. The summed E-state index contributed by atoms with van der Waals surface area (Å²) in [5, 5.41) is 5.80. The molecule has 6 heteroatoms. The van der Waals surface area contributed by atoms with E-state index in [0.29, 0.717) is 23.5 Å². The third-order valence-corrected chi connectivity index (χ3v) is 5.34. The summed E-state index contributed by atoms with van der Waals surface area (Å²) in [6.45, 7) is 0. The number of carbonyl (C=O) groups is 2. The van der Waals surface area contributed by atoms with E-state index in [1.54, 1.807) is 25.3 Å². The van der Waals surface area contributed by atoms with Crippen LogP contribution < -0.4 is 21.1 Å². The predicted octanol–water partition coefficient (Wildman–Crippen LogP) is 3.72. The zero-order valence-corrected chi connectivity index (χ0v) is 16.8. The Morgan fingerprint density at radius 2 is 1.79 bits per heavy atom. The first-order valence-corrected chi connectivity index (χ1v) is 10.2. The quantitative estimate of drug-likeness (QED) is 0.666. The molecule has 154 valence electrons. The Morgan fingerprint density at radius 3 is 2.48 bits per heavy atom. The number of nitrogens with one attached hydrogen (secondary N) is 2. The highest BCUT2D eigenvalue weighted by Gasteiger charge is 2.22. The summed E-state index contributed by atoms with van der Waals surface area (Å²) in [7, 11) is 1.56. The summed E-state index contributed by atoms with van der Waals surface area (Å²) in [6, 6.07) is 14.2. The second-order valence-electron chi connectivity index (χ2n) is 7.52. The van der Waals surface area contributed by atoms with E-state index in [1.807, 2.05) is 30.3 Å². The van der Waals surface area contributed by atoms with Crippen molar-refractivity contribution in [2.45, 2.75) is 44.6 Å². The largest absolute Gasteiger partial charge is 0.495 e. The maximum Gasteiger partial charge on any atom is 0.241 e. The van der Waals surface area contributed by atoms with Crippen molar-refractivity contribution in [1.82, 2.24) is 0 Å². The van der Waals surface area contributed by atoms with E-state index in [2.05, 4.69) is 10.6 Å². The average molecular weight is 396 g/mol. The minimum absolute atomic E-state index is 0.00672. The molecule has 1 atom stereocenters. The number of anilines is 2. The molecule has 2 aromatic rings. The van der Waals surface area contributed by atoms with Gasteiger partial charge in [0.2, 0.25) is 11.8 Å². The molecule has 2 aromatic carbocycles. The SMILES string of the molecule is COc1ccc(NC(=O)[C@@H](N)Cc2ccccc2)cc1NC(=O)C1CCCCC1. The molecule has 0 heterocycles. The van der Waals surface area contributed by atoms with E-state index < -0.39 is 6.04 Å². The second-order valence-corrected chi connectivity index (χ2v) is 7.52. The second kappa shape index (κ2) is 10.1. The predicted molar refractivity (Wildman–Crippen MR) is 115 cm³/mol. The summed E-state index contributed by atoms with van der Waals surface area (Å²) in [6.07, 6.45) is 5.65. The van der Waals surface area contributed by atoms with Crippen LogP contribution in [0.5, 0.6) is 5.75 Å². The number of hydrogen-bond donors (Lipinski definition) is 3. The Labute approximate surface area is 171 Å². The van der Waals surface area contributed by atoms with Crippen molar-refractivity contribution >= 4 is 23.2 Å². The zero-order valence-electron chi connectivity index (χ0n) is 16.8. The van der Waals surface area contributed by atoms with Crippen LogP contribution in [0.15, 0.2) is 48.5 Å². The first kappa shape index (κ1) is 20.9. The highest BCUT2D eigenvalue weighted by molar-refractivity contribution is 5.98. The molecule has 0 unspecified atom stereocenters. The molecule has 3 rings (SSSR count). The van der Waals surface area contributed by atoms with Crippen molar-refractivity contribution in [3.8, 4) is 5.75 Å². The number of carbonyl (C=O) groups excluding carboxylic acids is 2. The van der Waals surface area contributed by atoms with Crippen molar-refractivity contribution in [3.63, 3.8) is 0 Å². The third-order valence-electron chi connectivity index (χ3n) is 5.34. The van der Waals surface area contributed by atoms with Crippen LogP contribution in [-0.4, -0.2) is 25.0 Å². The van der Waals surface area contributed by atoms with Gasteiger partial charge in [0.05, 0.1) is 18.8 Å². The highest BCUT2D eigenvalue weighted by Crippen LogP contribution is 2.30. The van der Waals surface area contributed by atoms with Gasteiger partial charge in [0, 0.05) is 11.6 Å². The van der Waals surface area contributed by atoms with Gasteiger partial charge in [0.25, 0.3) is 0 Å². The molecule has 1 aliphatic rings. The molecule has 0 saturated heterocycles. The minimum Gasteiger partial charge on any atom is -0.495 e. The van der Waals surface area contributed by atoms with Crippen molar-refractivity contribution in [1.29, 1.82) is 0 Å². The topological polar surface area (TPSA) is 93.4 Å². The van der Waals surface area contributed by atoms with Gasteiger partial charge in [-0.1, -0.05) is 49.6 Å². The van der Waals surface area contributed by atoms with E-state index in [9.17, 15) is 9.59 Å². The number of hydrogen-bond acceptors (Lipinski definition) is 4. The summed E-state index contributed by atoms with van der Waals surface area (Å²) >= 11 is 0. The van der Waals surface area contributed by atoms with Gasteiger partial charge in [0.15, 0.2) is 0 Å². The molecule has 0 spiro atoms. The molecule has 6 nitrogen and oxygen atoms in total. The van der Waals surface area contributed by atoms with Crippen LogP contribution in [0, 0.1) is 5.92 Å². The van der Waals surface area contributed by atoms with Crippen molar-refractivity contribution < 1.29 is 14.3 Å². The van der Waals surface area contributed by atoms with Gasteiger partial charge in [0.1, 0.15) is 5.75 Å². The zero-order chi connectivity index (χ0) is 20.6. The van der Waals surface area contributed by atoms with Gasteiger partial charge < -0.3 is 21.1 Å². The van der Waals surface area contributed by atoms with E-state index in [0.717, 1.165) is 31.2 Å². The molecule has 2 amide bonds. The van der Waals surface area contributed by atoms with Gasteiger partial charge in [-0.15, -0.1) is 0 Å². The smallest absolute Gasteiger partial charge is 0.241 e. The fourth-order valence-electron chi connectivity index (χ4n) is 3.68. The summed E-state index contributed by atoms with van der Waals surface area (Å²) in [5.41, 5.74) is 8.19. The maximum absolute atomic E-state index is 12.6. The van der Waals surface area contributed by atoms with Crippen LogP contribution in [-0.2, 0) is 16.0 Å². The van der Waals surface area contributed by atoms with Gasteiger partial charge in [-0.25, -0.2) is 0 Å². The van der Waals surface area contributed by atoms with Crippen LogP contribution in [0.1, 0.15) is 37.7 Å². The van der Waals surface area contributed by atoms with Crippen molar-refractivity contribution in [2.24, 2.45) is 11.7 Å². The number of amides is 2. The van der Waals surface area contributed by atoms with Gasteiger partial charge in [-0.3, -0.25) is 9.59 Å². The first-order chi connectivity index (χ1) is 14.1. The first-order valence-electron chi connectivity index (χ1n) is 10.2. The fourth-order valence-corrected chi connectivity index (χ4v) is 3.68. The Bertz CT molecular complexity index is 833. The Kier molecular flexibility index (Phi) is 7.25. The molecule has 0 radical (unpaired) electrons. The average Bonchev–Trinajstić information content (AvgIpc) is 2.75. The molecule has 0 bridgehead atoms. The maximum atomic E-state index is 12.6. The molecular formula is C23H29N3O3. The fraction of sp³-hybridized carbons (Fsp3) is 0.391. The van der Waals surface area contributed by atoms with E-state index in [4.69, 9.17) is 10.5 Å². The molecule has 0 aliphatic heterocycles. The lowest BCUT2D eigenvalue weighted by Gasteiger charge is -2.21. The summed E-state index contributed by atoms with van der Waals surface area (Å²) < 4.78 is 5.37. The van der Waals surface area contributed by atoms with Crippen LogP contribution in [0.4, 0.5) is 11.4 Å². The van der Waals surface area contributed by atoms with Crippen molar-refractivity contribution in [3.05, 3.63) is 54.1 Å². The standard InChI is InChI=1S/C23H29N3O3/c1-29-21-13-12-18(15-20(21)26-22(27)17-10-6-3-7-11-17)25-23(28)19(24)14-16-8-4-2-5-9-16/h2,4-5,8-9,12-13,15,17,19H,3,6-7,10-11,14,24H2,1H3,(H,25,28)(H,26,27)/t19-/m0/s1. The lowest BCUT2D eigenvalue weighted by molar-refractivity contribution is -0.120. The number of rotatable bonds is 7. The number of ether oxygens (including phenoxy) is 1. The lowest BCUT2D eigenvalue weighted by Crippen LogP contribution is -2.37.